The Morgan fingerprint density at radius 1 is 1.35 bits per heavy atom. The minimum Gasteiger partial charge on any atom is -0.467 e. The van der Waals surface area contributed by atoms with Crippen LogP contribution in [-0.2, 0) is 25.7 Å². The van der Waals surface area contributed by atoms with E-state index in [0.29, 0.717) is 18.6 Å². The molecule has 1 aliphatic heterocycles. The maximum Gasteiger partial charge on any atom is 0.326 e. The Hall–Kier alpha value is -2.84. The fourth-order valence-electron chi connectivity index (χ4n) is 3.29. The average Bonchev–Trinajstić information content (AvgIpc) is 3.33. The van der Waals surface area contributed by atoms with Crippen molar-refractivity contribution in [3.63, 3.8) is 0 Å². The van der Waals surface area contributed by atoms with Crippen LogP contribution in [0.3, 0.4) is 0 Å². The number of furan rings is 1. The van der Waals surface area contributed by atoms with E-state index in [1.807, 2.05) is 0 Å². The number of imide groups is 1. The van der Waals surface area contributed by atoms with E-state index in [-0.39, 0.29) is 6.54 Å². The number of ether oxygens (including phenoxy) is 1. The van der Waals surface area contributed by atoms with Crippen molar-refractivity contribution in [1.82, 2.24) is 15.1 Å². The molecule has 2 heterocycles. The van der Waals surface area contributed by atoms with Crippen LogP contribution in [-0.4, -0.2) is 59.4 Å². The molecule has 1 aliphatic carbocycles. The van der Waals surface area contributed by atoms with E-state index in [2.05, 4.69) is 5.32 Å². The van der Waals surface area contributed by atoms with Gasteiger partial charge >= 0.3 is 12.0 Å². The van der Waals surface area contributed by atoms with Gasteiger partial charge in [0.1, 0.15) is 17.8 Å². The number of nitrogens with zero attached hydrogens (tertiary/aromatic N) is 2. The number of carbonyl (C=O) groups is 4. The van der Waals surface area contributed by atoms with Gasteiger partial charge < -0.3 is 19.4 Å². The van der Waals surface area contributed by atoms with E-state index >= 15 is 0 Å². The van der Waals surface area contributed by atoms with E-state index in [1.165, 1.54) is 11.2 Å². The highest BCUT2D eigenvalue weighted by Crippen LogP contribution is 2.34. The monoisotopic (exact) mass is 363 g/mol. The Balaban J connectivity index is 1.47. The molecule has 1 saturated carbocycles. The quantitative estimate of drug-likeness (QED) is 0.587. The lowest BCUT2D eigenvalue weighted by atomic mass is 9.98. The molecule has 0 bridgehead atoms. The Morgan fingerprint density at radius 2 is 2.08 bits per heavy atom. The van der Waals surface area contributed by atoms with Crippen LogP contribution in [0.2, 0.25) is 0 Å². The lowest BCUT2D eigenvalue weighted by molar-refractivity contribution is -0.153. The van der Waals surface area contributed by atoms with Gasteiger partial charge in [0.25, 0.3) is 11.8 Å². The second kappa shape index (κ2) is 7.19. The molecular formula is C17H21N3O6. The zero-order chi connectivity index (χ0) is 18.7. The van der Waals surface area contributed by atoms with Crippen molar-refractivity contribution >= 4 is 23.8 Å². The van der Waals surface area contributed by atoms with Gasteiger partial charge in [-0.2, -0.15) is 0 Å². The molecule has 1 N–H and O–H groups in total. The molecule has 1 spiro atoms. The van der Waals surface area contributed by atoms with E-state index in [9.17, 15) is 19.2 Å². The third-order valence-electron chi connectivity index (χ3n) is 4.75. The van der Waals surface area contributed by atoms with Gasteiger partial charge in [-0.3, -0.25) is 19.3 Å². The van der Waals surface area contributed by atoms with Crippen molar-refractivity contribution < 1.29 is 28.3 Å². The van der Waals surface area contributed by atoms with Gasteiger partial charge in [-0.1, -0.05) is 12.8 Å². The molecule has 0 atom stereocenters. The highest BCUT2D eigenvalue weighted by molar-refractivity contribution is 6.08. The van der Waals surface area contributed by atoms with E-state index in [0.717, 1.165) is 17.7 Å². The number of urea groups is 1. The van der Waals surface area contributed by atoms with Crippen LogP contribution in [0.25, 0.3) is 0 Å². The first kappa shape index (κ1) is 18.0. The second-order valence-electron chi connectivity index (χ2n) is 6.60. The molecule has 0 unspecified atom stereocenters. The summed E-state index contributed by atoms with van der Waals surface area (Å²) in [6, 6.07) is 2.85. The Bertz CT molecular complexity index is 708. The Morgan fingerprint density at radius 3 is 2.73 bits per heavy atom. The number of amides is 4. The van der Waals surface area contributed by atoms with Gasteiger partial charge in [-0.05, 0) is 25.0 Å². The van der Waals surface area contributed by atoms with Gasteiger partial charge in [-0.15, -0.1) is 0 Å². The van der Waals surface area contributed by atoms with Crippen LogP contribution in [0.5, 0.6) is 0 Å². The molecule has 0 aromatic carbocycles. The summed E-state index contributed by atoms with van der Waals surface area (Å²) in [6.45, 7) is -0.717. The van der Waals surface area contributed by atoms with E-state index in [4.69, 9.17) is 9.15 Å². The number of nitrogens with one attached hydrogen (secondary N) is 1. The molecule has 4 amide bonds. The summed E-state index contributed by atoms with van der Waals surface area (Å²) < 4.78 is 10.1. The average molecular weight is 363 g/mol. The second-order valence-corrected chi connectivity index (χ2v) is 6.60. The van der Waals surface area contributed by atoms with Crippen LogP contribution in [0.4, 0.5) is 4.79 Å². The Labute approximate surface area is 150 Å². The summed E-state index contributed by atoms with van der Waals surface area (Å²) in [6.07, 6.45) is 4.39. The van der Waals surface area contributed by atoms with Crippen LogP contribution >= 0.6 is 0 Å². The van der Waals surface area contributed by atoms with Crippen LogP contribution < -0.4 is 5.32 Å². The van der Waals surface area contributed by atoms with Crippen LogP contribution in [0, 0.1) is 0 Å². The number of rotatable bonds is 6. The zero-order valence-corrected chi connectivity index (χ0v) is 14.5. The first-order valence-electron chi connectivity index (χ1n) is 8.47. The molecule has 3 rings (SSSR count). The number of likely N-dealkylation sites (N-methyl/N-ethyl adjacent to an activating group) is 1. The third-order valence-corrected chi connectivity index (χ3v) is 4.75. The normalized spacial score (nSPS) is 18.3. The predicted molar refractivity (Wildman–Crippen MR) is 87.6 cm³/mol. The van der Waals surface area contributed by atoms with Gasteiger partial charge in [0, 0.05) is 7.05 Å². The lowest BCUT2D eigenvalue weighted by Gasteiger charge is -2.20. The summed E-state index contributed by atoms with van der Waals surface area (Å²) in [5.41, 5.74) is -0.865. The number of hydrogen-bond acceptors (Lipinski definition) is 6. The maximum absolute atomic E-state index is 12.4. The number of carbonyl (C=O) groups excluding carboxylic acids is 4. The zero-order valence-electron chi connectivity index (χ0n) is 14.5. The summed E-state index contributed by atoms with van der Waals surface area (Å²) >= 11 is 0. The standard InChI is InChI=1S/C17H21N3O6/c1-19(9-12-5-4-8-25-12)13(21)11-26-14(22)10-20-15(23)17(18-16(20)24)6-2-3-7-17/h4-5,8H,2-3,6-7,9-11H2,1H3,(H,18,24). The molecule has 140 valence electrons. The van der Waals surface area contributed by atoms with Gasteiger partial charge in [0.2, 0.25) is 0 Å². The fourth-order valence-corrected chi connectivity index (χ4v) is 3.29. The molecule has 2 fully saturated rings. The molecule has 9 nitrogen and oxygen atoms in total. The van der Waals surface area contributed by atoms with Crippen molar-refractivity contribution in [3.8, 4) is 0 Å². The summed E-state index contributed by atoms with van der Waals surface area (Å²) in [5.74, 6) is -1.01. The van der Waals surface area contributed by atoms with Crippen molar-refractivity contribution in [2.45, 2.75) is 37.8 Å². The van der Waals surface area contributed by atoms with Crippen LogP contribution in [0.15, 0.2) is 22.8 Å². The SMILES string of the molecule is CN(Cc1ccco1)C(=O)COC(=O)CN1C(=O)NC2(CCCC2)C1=O. The third kappa shape index (κ3) is 3.56. The smallest absolute Gasteiger partial charge is 0.326 e. The Kier molecular flexibility index (Phi) is 4.97. The molecule has 0 radical (unpaired) electrons. The van der Waals surface area contributed by atoms with E-state index < -0.39 is 42.5 Å². The highest BCUT2D eigenvalue weighted by atomic mass is 16.5. The molecule has 2 aliphatic rings. The molecule has 1 aromatic rings. The van der Waals surface area contributed by atoms with E-state index in [1.54, 1.807) is 19.2 Å². The minimum atomic E-state index is -0.865. The summed E-state index contributed by atoms with van der Waals surface area (Å²) in [4.78, 5) is 50.6. The topological polar surface area (TPSA) is 109 Å². The fraction of sp³-hybridized carbons (Fsp3) is 0.529. The van der Waals surface area contributed by atoms with Gasteiger partial charge in [0.05, 0.1) is 12.8 Å². The predicted octanol–water partition coefficient (Wildman–Crippen LogP) is 0.646. The van der Waals surface area contributed by atoms with Crippen molar-refractivity contribution in [3.05, 3.63) is 24.2 Å². The summed E-state index contributed by atoms with van der Waals surface area (Å²) in [7, 11) is 1.56. The minimum absolute atomic E-state index is 0.249. The lowest BCUT2D eigenvalue weighted by Crippen LogP contribution is -2.44. The molecule has 9 heteroatoms. The molecule has 1 aromatic heterocycles. The summed E-state index contributed by atoms with van der Waals surface area (Å²) in [5, 5.41) is 2.69. The maximum atomic E-state index is 12.4. The van der Waals surface area contributed by atoms with Crippen molar-refractivity contribution in [2.75, 3.05) is 20.2 Å². The number of esters is 1. The van der Waals surface area contributed by atoms with Crippen molar-refractivity contribution in [2.24, 2.45) is 0 Å². The highest BCUT2D eigenvalue weighted by Gasteiger charge is 2.52. The molecular weight excluding hydrogens is 342 g/mol. The first-order chi connectivity index (χ1) is 12.4. The van der Waals surface area contributed by atoms with Crippen LogP contribution in [0.1, 0.15) is 31.4 Å². The van der Waals surface area contributed by atoms with Gasteiger partial charge in [0.15, 0.2) is 6.61 Å². The van der Waals surface area contributed by atoms with Crippen molar-refractivity contribution in [1.29, 1.82) is 0 Å². The molecule has 26 heavy (non-hydrogen) atoms. The molecule has 1 saturated heterocycles. The van der Waals surface area contributed by atoms with Gasteiger partial charge in [-0.25, -0.2) is 4.79 Å². The first-order valence-corrected chi connectivity index (χ1v) is 8.47. The number of hydrogen-bond donors (Lipinski definition) is 1. The largest absolute Gasteiger partial charge is 0.467 e.